The lowest BCUT2D eigenvalue weighted by atomic mass is 10.2. The summed E-state index contributed by atoms with van der Waals surface area (Å²) in [5.74, 6) is 0.0511. The van der Waals surface area contributed by atoms with Crippen molar-refractivity contribution in [2.75, 3.05) is 6.61 Å². The zero-order valence-corrected chi connectivity index (χ0v) is 13.6. The van der Waals surface area contributed by atoms with Crippen LogP contribution in [0.3, 0.4) is 0 Å². The van der Waals surface area contributed by atoms with E-state index in [1.165, 1.54) is 16.8 Å². The van der Waals surface area contributed by atoms with Gasteiger partial charge >= 0.3 is 18.0 Å². The molecule has 142 valence electrons. The van der Waals surface area contributed by atoms with Gasteiger partial charge in [-0.05, 0) is 23.1 Å². The van der Waals surface area contributed by atoms with E-state index in [2.05, 4.69) is 15.0 Å². The minimum Gasteiger partial charge on any atom is -0.443 e. The number of aromatic amines is 1. The minimum atomic E-state index is -4.43. The molecule has 0 bridgehead atoms. The van der Waals surface area contributed by atoms with E-state index in [0.29, 0.717) is 17.9 Å². The van der Waals surface area contributed by atoms with Gasteiger partial charge in [0, 0.05) is 4.98 Å². The van der Waals surface area contributed by atoms with Crippen LogP contribution in [0.4, 0.5) is 19.0 Å². The average molecular weight is 383 g/mol. The van der Waals surface area contributed by atoms with Crippen molar-refractivity contribution in [2.45, 2.75) is 25.4 Å². The Morgan fingerprint density at radius 1 is 1.41 bits per heavy atom. The molecule has 1 atom stereocenters. The lowest BCUT2D eigenvalue weighted by Crippen LogP contribution is -2.32. The Morgan fingerprint density at radius 3 is 2.96 bits per heavy atom. The number of fused-ring (bicyclic) bond motifs is 2. The van der Waals surface area contributed by atoms with Gasteiger partial charge in [-0.1, -0.05) is 0 Å². The van der Waals surface area contributed by atoms with Gasteiger partial charge in [-0.15, -0.1) is 0 Å². The molecule has 0 fully saturated rings. The first-order valence-electron chi connectivity index (χ1n) is 7.81. The van der Waals surface area contributed by atoms with E-state index in [1.807, 2.05) is 0 Å². The molecule has 0 radical (unpaired) electrons. The number of rotatable bonds is 4. The molecule has 3 heterocycles. The monoisotopic (exact) mass is 383 g/mol. The molecule has 2 aromatic heterocycles. The first-order chi connectivity index (χ1) is 12.8. The average Bonchev–Trinajstić information content (AvgIpc) is 3.21. The summed E-state index contributed by atoms with van der Waals surface area (Å²) in [5.41, 5.74) is -0.106. The van der Waals surface area contributed by atoms with Gasteiger partial charge in [-0.3, -0.25) is 4.57 Å². The second-order valence-electron chi connectivity index (χ2n) is 5.95. The summed E-state index contributed by atoms with van der Waals surface area (Å²) >= 11 is 0. The third kappa shape index (κ3) is 3.43. The number of hydrogen-bond donors (Lipinski definition) is 1. The highest BCUT2D eigenvalue weighted by Gasteiger charge is 2.31. The van der Waals surface area contributed by atoms with Crippen LogP contribution in [0, 0.1) is 10.1 Å². The van der Waals surface area contributed by atoms with Crippen molar-refractivity contribution in [3.05, 3.63) is 45.9 Å². The molecule has 9 nitrogen and oxygen atoms in total. The maximum absolute atomic E-state index is 12.8. The van der Waals surface area contributed by atoms with Gasteiger partial charge in [0.15, 0.2) is 0 Å². The quantitative estimate of drug-likeness (QED) is 0.548. The molecule has 1 aliphatic heterocycles. The number of nitro groups is 1. The zero-order chi connectivity index (χ0) is 19.2. The molecule has 0 saturated carbocycles. The molecule has 0 saturated heterocycles. The maximum atomic E-state index is 12.8. The van der Waals surface area contributed by atoms with Crippen molar-refractivity contribution in [3.8, 4) is 6.01 Å². The molecule has 3 aromatic rings. The lowest BCUT2D eigenvalue weighted by molar-refractivity contribution is -0.389. The number of hydrogen-bond acceptors (Lipinski definition) is 6. The van der Waals surface area contributed by atoms with E-state index < -0.39 is 22.8 Å². The summed E-state index contributed by atoms with van der Waals surface area (Å²) in [7, 11) is 0. The number of ether oxygens (including phenoxy) is 2. The van der Waals surface area contributed by atoms with Crippen molar-refractivity contribution < 1.29 is 27.6 Å². The molecule has 4 rings (SSSR count). The normalized spacial score (nSPS) is 16.9. The van der Waals surface area contributed by atoms with Crippen molar-refractivity contribution >= 4 is 16.9 Å². The summed E-state index contributed by atoms with van der Waals surface area (Å²) in [5, 5.41) is 10.7. The van der Waals surface area contributed by atoms with Crippen LogP contribution in [0.1, 0.15) is 11.4 Å². The van der Waals surface area contributed by atoms with Crippen molar-refractivity contribution in [3.63, 3.8) is 0 Å². The smallest absolute Gasteiger partial charge is 0.416 e. The fourth-order valence-corrected chi connectivity index (χ4v) is 2.76. The third-order valence-electron chi connectivity index (χ3n) is 4.03. The Balaban J connectivity index is 1.43. The summed E-state index contributed by atoms with van der Waals surface area (Å²) in [6, 6.07) is 3.39. The van der Waals surface area contributed by atoms with Crippen LogP contribution in [-0.2, 0) is 24.1 Å². The molecule has 1 aliphatic rings. The molecule has 0 amide bonds. The second-order valence-corrected chi connectivity index (χ2v) is 5.95. The van der Waals surface area contributed by atoms with Crippen molar-refractivity contribution in [1.29, 1.82) is 0 Å². The summed E-state index contributed by atoms with van der Waals surface area (Å²) in [6.45, 7) is 0.470. The van der Waals surface area contributed by atoms with E-state index in [1.54, 1.807) is 0 Å². The largest absolute Gasteiger partial charge is 0.443 e. The number of imidazole rings is 2. The third-order valence-corrected chi connectivity index (χ3v) is 4.03. The highest BCUT2D eigenvalue weighted by Crippen LogP contribution is 2.31. The van der Waals surface area contributed by atoms with Crippen LogP contribution in [0.25, 0.3) is 11.0 Å². The van der Waals surface area contributed by atoms with Gasteiger partial charge in [0.2, 0.25) is 0 Å². The predicted molar refractivity (Wildman–Crippen MR) is 84.0 cm³/mol. The van der Waals surface area contributed by atoms with E-state index >= 15 is 0 Å². The van der Waals surface area contributed by atoms with E-state index in [4.69, 9.17) is 9.47 Å². The Hall–Kier alpha value is -3.15. The maximum Gasteiger partial charge on any atom is 0.416 e. The van der Waals surface area contributed by atoms with Crippen molar-refractivity contribution in [2.24, 2.45) is 0 Å². The molecular formula is C15H12F3N5O4. The molecule has 0 aliphatic carbocycles. The number of H-pyrrole nitrogens is 1. The molecular weight excluding hydrogens is 371 g/mol. The van der Waals surface area contributed by atoms with Gasteiger partial charge in [-0.25, -0.2) is 4.98 Å². The molecule has 12 heteroatoms. The molecule has 1 N–H and O–H groups in total. The molecule has 0 spiro atoms. The van der Waals surface area contributed by atoms with E-state index in [9.17, 15) is 23.3 Å². The SMILES string of the molecule is O=[N+]([O-])c1cn2c(n1)OCC(OCc1nc3ccc(C(F)(F)F)cc3[nH]1)C2. The fraction of sp³-hybridized carbons (Fsp3) is 0.333. The van der Waals surface area contributed by atoms with E-state index in [-0.39, 0.29) is 30.6 Å². The first-order valence-corrected chi connectivity index (χ1v) is 7.81. The number of benzene rings is 1. The minimum absolute atomic E-state index is 0.0240. The Bertz CT molecular complexity index is 1010. The van der Waals surface area contributed by atoms with Crippen LogP contribution in [0.15, 0.2) is 24.4 Å². The van der Waals surface area contributed by atoms with Crippen LogP contribution < -0.4 is 4.74 Å². The van der Waals surface area contributed by atoms with Crippen LogP contribution in [0.5, 0.6) is 6.01 Å². The van der Waals surface area contributed by atoms with Crippen LogP contribution in [0.2, 0.25) is 0 Å². The number of halogens is 3. The Labute approximate surface area is 148 Å². The highest BCUT2D eigenvalue weighted by molar-refractivity contribution is 5.76. The Morgan fingerprint density at radius 2 is 2.22 bits per heavy atom. The number of nitrogens with zero attached hydrogens (tertiary/aromatic N) is 4. The number of nitrogens with one attached hydrogen (secondary N) is 1. The van der Waals surface area contributed by atoms with Gasteiger partial charge < -0.3 is 24.6 Å². The fourth-order valence-electron chi connectivity index (χ4n) is 2.76. The number of alkyl halides is 3. The van der Waals surface area contributed by atoms with Crippen LogP contribution >= 0.6 is 0 Å². The first kappa shape index (κ1) is 17.3. The van der Waals surface area contributed by atoms with Gasteiger partial charge in [-0.2, -0.15) is 13.2 Å². The zero-order valence-electron chi connectivity index (χ0n) is 13.6. The summed E-state index contributed by atoms with van der Waals surface area (Å²) < 4.78 is 50.8. The topological polar surface area (TPSA) is 108 Å². The van der Waals surface area contributed by atoms with Gasteiger partial charge in [0.1, 0.15) is 31.3 Å². The lowest BCUT2D eigenvalue weighted by Gasteiger charge is -2.21. The molecule has 1 aromatic carbocycles. The second kappa shape index (κ2) is 6.23. The summed E-state index contributed by atoms with van der Waals surface area (Å²) in [4.78, 5) is 20.9. The van der Waals surface area contributed by atoms with Gasteiger partial charge in [0.05, 0.1) is 23.1 Å². The predicted octanol–water partition coefficient (Wildman–Crippen LogP) is 2.66. The Kier molecular flexibility index (Phi) is 3.98. The molecule has 1 unspecified atom stereocenters. The standard InChI is InChI=1S/C15H12F3N5O4/c16-15(17,18)8-1-2-10-11(3-8)20-12(19-10)7-26-9-4-22-5-13(23(24)25)21-14(22)27-6-9/h1-3,5,9H,4,6-7H2,(H,19,20). The summed E-state index contributed by atoms with van der Waals surface area (Å²) in [6.07, 6.45) is -3.59. The highest BCUT2D eigenvalue weighted by atomic mass is 19.4. The number of aromatic nitrogens is 4. The van der Waals surface area contributed by atoms with Crippen molar-refractivity contribution in [1.82, 2.24) is 19.5 Å². The van der Waals surface area contributed by atoms with E-state index in [0.717, 1.165) is 12.1 Å². The van der Waals surface area contributed by atoms with Gasteiger partial charge in [0.25, 0.3) is 0 Å². The molecule has 27 heavy (non-hydrogen) atoms. The van der Waals surface area contributed by atoms with Crippen LogP contribution in [-0.4, -0.2) is 37.2 Å².